The third-order valence-corrected chi connectivity index (χ3v) is 5.18. The number of halogens is 2. The first-order valence-electron chi connectivity index (χ1n) is 7.98. The van der Waals surface area contributed by atoms with Crippen LogP contribution >= 0.6 is 34.5 Å². The van der Waals surface area contributed by atoms with Crippen molar-refractivity contribution in [1.29, 1.82) is 0 Å². The number of nitrogens with zero attached hydrogens (tertiary/aromatic N) is 1. The number of rotatable bonds is 6. The van der Waals surface area contributed by atoms with Crippen LogP contribution in [0.4, 0.5) is 5.69 Å². The molecule has 4 nitrogen and oxygen atoms in total. The lowest BCUT2D eigenvalue weighted by atomic mass is 10.2. The fourth-order valence-corrected chi connectivity index (χ4v) is 3.53. The van der Waals surface area contributed by atoms with Gasteiger partial charge in [0, 0.05) is 11.1 Å². The maximum absolute atomic E-state index is 12.2. The van der Waals surface area contributed by atoms with E-state index in [1.165, 1.54) is 11.3 Å². The van der Waals surface area contributed by atoms with E-state index in [1.54, 1.807) is 18.2 Å². The molecule has 1 amide bonds. The summed E-state index contributed by atoms with van der Waals surface area (Å²) in [5, 5.41) is 6.35. The maximum atomic E-state index is 12.2. The molecule has 7 heteroatoms. The lowest BCUT2D eigenvalue weighted by Crippen LogP contribution is -2.14. The Balaban J connectivity index is 1.70. The molecule has 0 aliphatic carbocycles. The molecule has 0 spiro atoms. The number of ether oxygens (including phenoxy) is 1. The average molecular weight is 407 g/mol. The standard InChI is InChI=1S/C19H16Cl2N2O2S/c1-2-25-17-6-4-3-5-14(17)19-23-13(11-26-19)10-18(24)22-12-7-8-15(20)16(21)9-12/h3-9,11H,2,10H2,1H3,(H,22,24). The molecule has 0 saturated carbocycles. The molecule has 0 atom stereocenters. The first kappa shape index (κ1) is 18.7. The van der Waals surface area contributed by atoms with Crippen molar-refractivity contribution in [2.45, 2.75) is 13.3 Å². The van der Waals surface area contributed by atoms with Crippen LogP contribution in [0.3, 0.4) is 0 Å². The minimum atomic E-state index is -0.168. The van der Waals surface area contributed by atoms with Gasteiger partial charge in [-0.2, -0.15) is 0 Å². The molecule has 0 radical (unpaired) electrons. The lowest BCUT2D eigenvalue weighted by Gasteiger charge is -2.07. The molecular formula is C19H16Cl2N2O2S. The number of thiazole rings is 1. The quantitative estimate of drug-likeness (QED) is 0.571. The normalized spacial score (nSPS) is 10.6. The Morgan fingerprint density at radius 2 is 2.00 bits per heavy atom. The fourth-order valence-electron chi connectivity index (χ4n) is 2.38. The Bertz CT molecular complexity index is 927. The molecule has 0 aliphatic heterocycles. The minimum Gasteiger partial charge on any atom is -0.493 e. The Kier molecular flexibility index (Phi) is 6.14. The number of hydrogen-bond donors (Lipinski definition) is 1. The number of benzene rings is 2. The van der Waals surface area contributed by atoms with Gasteiger partial charge in [0.2, 0.25) is 5.91 Å². The molecule has 3 rings (SSSR count). The van der Waals surface area contributed by atoms with Crippen LogP contribution in [-0.4, -0.2) is 17.5 Å². The van der Waals surface area contributed by atoms with Crippen molar-refractivity contribution in [2.24, 2.45) is 0 Å². The summed E-state index contributed by atoms with van der Waals surface area (Å²) in [6.45, 7) is 2.53. The van der Waals surface area contributed by atoms with Crippen molar-refractivity contribution in [2.75, 3.05) is 11.9 Å². The van der Waals surface area contributed by atoms with Crippen LogP contribution in [-0.2, 0) is 11.2 Å². The summed E-state index contributed by atoms with van der Waals surface area (Å²) in [5.41, 5.74) is 2.23. The van der Waals surface area contributed by atoms with Gasteiger partial charge in [-0.25, -0.2) is 4.98 Å². The van der Waals surface area contributed by atoms with Crippen molar-refractivity contribution >= 4 is 46.1 Å². The summed E-state index contributed by atoms with van der Waals surface area (Å²) < 4.78 is 5.65. The van der Waals surface area contributed by atoms with Crippen molar-refractivity contribution in [3.05, 3.63) is 63.6 Å². The molecule has 0 unspecified atom stereocenters. The molecule has 1 N–H and O–H groups in total. The number of para-hydroxylation sites is 1. The second-order valence-electron chi connectivity index (χ2n) is 5.43. The van der Waals surface area contributed by atoms with Crippen LogP contribution in [0.2, 0.25) is 10.0 Å². The molecule has 134 valence electrons. The van der Waals surface area contributed by atoms with Crippen LogP contribution in [0.25, 0.3) is 10.6 Å². The van der Waals surface area contributed by atoms with Crippen molar-refractivity contribution < 1.29 is 9.53 Å². The van der Waals surface area contributed by atoms with Gasteiger partial charge in [0.1, 0.15) is 10.8 Å². The molecule has 1 aromatic heterocycles. The van der Waals surface area contributed by atoms with Crippen LogP contribution in [0.1, 0.15) is 12.6 Å². The largest absolute Gasteiger partial charge is 0.493 e. The minimum absolute atomic E-state index is 0.168. The van der Waals surface area contributed by atoms with Gasteiger partial charge in [0.05, 0.1) is 34.3 Å². The first-order chi connectivity index (χ1) is 12.6. The van der Waals surface area contributed by atoms with E-state index < -0.39 is 0 Å². The first-order valence-corrected chi connectivity index (χ1v) is 9.62. The summed E-state index contributed by atoms with van der Waals surface area (Å²) in [6, 6.07) is 12.7. The number of carbonyl (C=O) groups excluding carboxylic acids is 1. The Hall–Kier alpha value is -2.08. The highest BCUT2D eigenvalue weighted by Gasteiger charge is 2.13. The molecule has 0 saturated heterocycles. The lowest BCUT2D eigenvalue weighted by molar-refractivity contribution is -0.115. The zero-order valence-corrected chi connectivity index (χ0v) is 16.3. The Morgan fingerprint density at radius 3 is 2.77 bits per heavy atom. The predicted molar refractivity (Wildman–Crippen MR) is 108 cm³/mol. The Labute approximate surface area is 165 Å². The van der Waals surface area contributed by atoms with Crippen LogP contribution in [0.15, 0.2) is 47.8 Å². The van der Waals surface area contributed by atoms with Gasteiger partial charge in [-0.15, -0.1) is 11.3 Å². The summed E-state index contributed by atoms with van der Waals surface area (Å²) in [6.07, 6.45) is 0.174. The van der Waals surface area contributed by atoms with E-state index >= 15 is 0 Å². The molecule has 3 aromatic rings. The molecule has 0 bridgehead atoms. The van der Waals surface area contributed by atoms with Gasteiger partial charge >= 0.3 is 0 Å². The number of carbonyl (C=O) groups is 1. The van der Waals surface area contributed by atoms with Gasteiger partial charge < -0.3 is 10.1 Å². The van der Waals surface area contributed by atoms with Gasteiger partial charge in [0.25, 0.3) is 0 Å². The van der Waals surface area contributed by atoms with Gasteiger partial charge in [-0.3, -0.25) is 4.79 Å². The third-order valence-electron chi connectivity index (χ3n) is 3.51. The Morgan fingerprint density at radius 1 is 1.19 bits per heavy atom. The van der Waals surface area contributed by atoms with Crippen LogP contribution in [0, 0.1) is 0 Å². The third kappa shape index (κ3) is 4.55. The topological polar surface area (TPSA) is 51.2 Å². The van der Waals surface area contributed by atoms with Crippen LogP contribution in [0.5, 0.6) is 5.75 Å². The van der Waals surface area contributed by atoms with Crippen molar-refractivity contribution in [1.82, 2.24) is 4.98 Å². The van der Waals surface area contributed by atoms with Crippen LogP contribution < -0.4 is 10.1 Å². The second kappa shape index (κ2) is 8.54. The van der Waals surface area contributed by atoms with Gasteiger partial charge in [-0.05, 0) is 37.3 Å². The summed E-state index contributed by atoms with van der Waals surface area (Å²) in [7, 11) is 0. The number of nitrogens with one attached hydrogen (secondary N) is 1. The molecule has 0 aliphatic rings. The van der Waals surface area contributed by atoms with E-state index in [0.29, 0.717) is 28.0 Å². The zero-order valence-electron chi connectivity index (χ0n) is 14.0. The van der Waals surface area contributed by atoms with E-state index in [1.807, 2.05) is 36.6 Å². The van der Waals surface area contributed by atoms with Crippen molar-refractivity contribution in [3.8, 4) is 16.3 Å². The number of hydrogen-bond acceptors (Lipinski definition) is 4. The number of anilines is 1. The molecule has 1 heterocycles. The second-order valence-corrected chi connectivity index (χ2v) is 7.10. The SMILES string of the molecule is CCOc1ccccc1-c1nc(CC(=O)Nc2ccc(Cl)c(Cl)c2)cs1. The van der Waals surface area contributed by atoms with E-state index in [9.17, 15) is 4.79 Å². The smallest absolute Gasteiger partial charge is 0.230 e. The van der Waals surface area contributed by atoms with Crippen molar-refractivity contribution in [3.63, 3.8) is 0 Å². The van der Waals surface area contributed by atoms with Gasteiger partial charge in [0.15, 0.2) is 0 Å². The molecule has 26 heavy (non-hydrogen) atoms. The number of aromatic nitrogens is 1. The monoisotopic (exact) mass is 406 g/mol. The van der Waals surface area contributed by atoms with E-state index in [2.05, 4.69) is 10.3 Å². The predicted octanol–water partition coefficient (Wildman–Crippen LogP) is 5.70. The van der Waals surface area contributed by atoms with E-state index in [-0.39, 0.29) is 12.3 Å². The molecule has 2 aromatic carbocycles. The van der Waals surface area contributed by atoms with Gasteiger partial charge in [-0.1, -0.05) is 35.3 Å². The summed E-state index contributed by atoms with van der Waals surface area (Å²) >= 11 is 13.3. The molecular weight excluding hydrogens is 391 g/mol. The van der Waals surface area contributed by atoms with E-state index in [0.717, 1.165) is 16.3 Å². The highest BCUT2D eigenvalue weighted by molar-refractivity contribution is 7.13. The highest BCUT2D eigenvalue weighted by Crippen LogP contribution is 2.32. The number of amides is 1. The fraction of sp³-hybridized carbons (Fsp3) is 0.158. The zero-order chi connectivity index (χ0) is 18.5. The highest BCUT2D eigenvalue weighted by atomic mass is 35.5. The van der Waals surface area contributed by atoms with E-state index in [4.69, 9.17) is 27.9 Å². The average Bonchev–Trinajstić information content (AvgIpc) is 3.07. The summed E-state index contributed by atoms with van der Waals surface area (Å²) in [4.78, 5) is 16.8. The summed E-state index contributed by atoms with van der Waals surface area (Å²) in [5.74, 6) is 0.620. The maximum Gasteiger partial charge on any atom is 0.230 e. The molecule has 0 fully saturated rings.